The first kappa shape index (κ1) is 60.3. The number of aliphatic hydroxyl groups is 2. The maximum Gasteiger partial charge on any atom is 0.305 e. The lowest BCUT2D eigenvalue weighted by atomic mass is 10.0. The predicted octanol–water partition coefficient (Wildman–Crippen LogP) is 16.7. The van der Waals surface area contributed by atoms with Crippen LogP contribution in [0.5, 0.6) is 0 Å². The number of aliphatic hydroxyl groups excluding tert-OH is 2. The van der Waals surface area contributed by atoms with Gasteiger partial charge in [0.2, 0.25) is 5.91 Å². The molecular weight excluding hydrogens is 767 g/mol. The highest BCUT2D eigenvalue weighted by Gasteiger charge is 2.20. The van der Waals surface area contributed by atoms with Crippen molar-refractivity contribution < 1.29 is 24.5 Å². The van der Waals surface area contributed by atoms with Crippen LogP contribution in [0.25, 0.3) is 0 Å². The van der Waals surface area contributed by atoms with Crippen molar-refractivity contribution in [2.75, 3.05) is 13.2 Å². The van der Waals surface area contributed by atoms with Gasteiger partial charge in [0.05, 0.1) is 25.4 Å². The normalized spacial score (nSPS) is 12.8. The van der Waals surface area contributed by atoms with Crippen LogP contribution in [-0.2, 0) is 14.3 Å². The molecule has 366 valence electrons. The fourth-order valence-electron chi connectivity index (χ4n) is 8.49. The van der Waals surface area contributed by atoms with Crippen molar-refractivity contribution in [2.24, 2.45) is 0 Å². The molecule has 62 heavy (non-hydrogen) atoms. The van der Waals surface area contributed by atoms with Gasteiger partial charge in [-0.1, -0.05) is 250 Å². The molecule has 0 fully saturated rings. The van der Waals surface area contributed by atoms with Gasteiger partial charge in [0, 0.05) is 12.8 Å². The largest absolute Gasteiger partial charge is 0.466 e. The molecule has 0 saturated carbocycles. The van der Waals surface area contributed by atoms with Crippen LogP contribution in [0.3, 0.4) is 0 Å². The fraction of sp³-hybridized carbons (Fsp3) is 0.893. The SMILES string of the molecule is CCCCCC/C=C\C/C=C\CCCCCCCCCC(=O)OCCCCCCCCCCCCCCC(=O)NC(CO)C(O)CCCCCCCCCCCCCCCCC. The molecule has 2 atom stereocenters. The minimum atomic E-state index is -0.675. The van der Waals surface area contributed by atoms with Crippen LogP contribution in [0.4, 0.5) is 0 Å². The Morgan fingerprint density at radius 2 is 0.806 bits per heavy atom. The Bertz CT molecular complexity index is 966. The molecule has 3 N–H and O–H groups in total. The van der Waals surface area contributed by atoms with E-state index >= 15 is 0 Å². The zero-order valence-electron chi connectivity index (χ0n) is 41.6. The molecule has 0 aromatic heterocycles. The highest BCUT2D eigenvalue weighted by molar-refractivity contribution is 5.76. The van der Waals surface area contributed by atoms with Gasteiger partial charge in [0.25, 0.3) is 0 Å². The van der Waals surface area contributed by atoms with Gasteiger partial charge in [0.1, 0.15) is 0 Å². The zero-order chi connectivity index (χ0) is 45.1. The van der Waals surface area contributed by atoms with Gasteiger partial charge in [-0.3, -0.25) is 9.59 Å². The summed E-state index contributed by atoms with van der Waals surface area (Å²) in [4.78, 5) is 24.5. The maximum absolute atomic E-state index is 12.5. The highest BCUT2D eigenvalue weighted by atomic mass is 16.5. The molecule has 0 radical (unpaired) electrons. The quantitative estimate of drug-likeness (QED) is 0.0321. The van der Waals surface area contributed by atoms with E-state index in [0.29, 0.717) is 25.9 Å². The van der Waals surface area contributed by atoms with Crippen molar-refractivity contribution in [1.29, 1.82) is 0 Å². The summed E-state index contributed by atoms with van der Waals surface area (Å²) in [6.07, 6.45) is 61.5. The summed E-state index contributed by atoms with van der Waals surface area (Å²) in [6.45, 7) is 4.91. The third-order valence-electron chi connectivity index (χ3n) is 12.8. The number of allylic oxidation sites excluding steroid dienone is 4. The van der Waals surface area contributed by atoms with Crippen molar-refractivity contribution >= 4 is 11.9 Å². The molecular formula is C56H107NO5. The van der Waals surface area contributed by atoms with Crippen LogP contribution < -0.4 is 5.32 Å². The molecule has 0 aromatic rings. The Hall–Kier alpha value is -1.66. The van der Waals surface area contributed by atoms with Crippen molar-refractivity contribution in [3.05, 3.63) is 24.3 Å². The first-order valence-electron chi connectivity index (χ1n) is 27.6. The Morgan fingerprint density at radius 1 is 0.452 bits per heavy atom. The second-order valence-electron chi connectivity index (χ2n) is 18.9. The topological polar surface area (TPSA) is 95.9 Å². The molecule has 6 nitrogen and oxygen atoms in total. The second kappa shape index (κ2) is 52.0. The fourth-order valence-corrected chi connectivity index (χ4v) is 8.49. The third kappa shape index (κ3) is 47.8. The first-order chi connectivity index (χ1) is 30.5. The number of carbonyl (C=O) groups excluding carboxylic acids is 2. The maximum atomic E-state index is 12.5. The van der Waals surface area contributed by atoms with Crippen molar-refractivity contribution in [3.8, 4) is 0 Å². The molecule has 0 saturated heterocycles. The summed E-state index contributed by atoms with van der Waals surface area (Å²) in [7, 11) is 0. The van der Waals surface area contributed by atoms with Gasteiger partial charge in [-0.05, 0) is 57.8 Å². The molecule has 1 amide bonds. The average Bonchev–Trinajstić information content (AvgIpc) is 3.27. The van der Waals surface area contributed by atoms with Gasteiger partial charge in [-0.2, -0.15) is 0 Å². The number of amides is 1. The summed E-state index contributed by atoms with van der Waals surface area (Å²) < 4.78 is 5.47. The minimum Gasteiger partial charge on any atom is -0.466 e. The molecule has 0 aliphatic carbocycles. The van der Waals surface area contributed by atoms with Crippen LogP contribution in [0.15, 0.2) is 24.3 Å². The number of carbonyl (C=O) groups is 2. The minimum absolute atomic E-state index is 0.0162. The summed E-state index contributed by atoms with van der Waals surface area (Å²) in [5, 5.41) is 23.2. The number of esters is 1. The predicted molar refractivity (Wildman–Crippen MR) is 269 cm³/mol. The van der Waals surface area contributed by atoms with E-state index in [-0.39, 0.29) is 18.5 Å². The molecule has 6 heteroatoms. The van der Waals surface area contributed by atoms with E-state index in [1.165, 1.54) is 199 Å². The van der Waals surface area contributed by atoms with E-state index < -0.39 is 12.1 Å². The summed E-state index contributed by atoms with van der Waals surface area (Å²) >= 11 is 0. The molecule has 0 rings (SSSR count). The number of hydrogen-bond donors (Lipinski definition) is 3. The lowest BCUT2D eigenvalue weighted by molar-refractivity contribution is -0.143. The summed E-state index contributed by atoms with van der Waals surface area (Å²) in [5.74, 6) is -0.0662. The molecule has 0 heterocycles. The number of rotatable bonds is 51. The first-order valence-corrected chi connectivity index (χ1v) is 27.6. The zero-order valence-corrected chi connectivity index (χ0v) is 41.6. The number of nitrogens with one attached hydrogen (secondary N) is 1. The highest BCUT2D eigenvalue weighted by Crippen LogP contribution is 2.17. The van der Waals surface area contributed by atoms with Crippen LogP contribution in [0.1, 0.15) is 296 Å². The molecule has 0 aromatic carbocycles. The Morgan fingerprint density at radius 3 is 1.24 bits per heavy atom. The van der Waals surface area contributed by atoms with E-state index in [0.717, 1.165) is 64.2 Å². The lowest BCUT2D eigenvalue weighted by Crippen LogP contribution is -2.45. The number of unbranched alkanes of at least 4 members (excludes halogenated alkanes) is 36. The second-order valence-corrected chi connectivity index (χ2v) is 18.9. The molecule has 0 spiro atoms. The molecule has 0 aliphatic heterocycles. The van der Waals surface area contributed by atoms with Crippen LogP contribution in [-0.4, -0.2) is 47.4 Å². The van der Waals surface area contributed by atoms with Gasteiger partial charge < -0.3 is 20.3 Å². The van der Waals surface area contributed by atoms with Crippen LogP contribution in [0.2, 0.25) is 0 Å². The van der Waals surface area contributed by atoms with E-state index in [2.05, 4.69) is 43.5 Å². The van der Waals surface area contributed by atoms with Gasteiger partial charge in [-0.15, -0.1) is 0 Å². The van der Waals surface area contributed by atoms with Crippen LogP contribution in [0, 0.1) is 0 Å². The summed E-state index contributed by atoms with van der Waals surface area (Å²) in [5.41, 5.74) is 0. The van der Waals surface area contributed by atoms with Crippen LogP contribution >= 0.6 is 0 Å². The average molecular weight is 874 g/mol. The van der Waals surface area contributed by atoms with Crippen molar-refractivity contribution in [3.63, 3.8) is 0 Å². The monoisotopic (exact) mass is 874 g/mol. The molecule has 2 unspecified atom stereocenters. The Labute approximate surface area is 386 Å². The van der Waals surface area contributed by atoms with Crippen molar-refractivity contribution in [1.82, 2.24) is 5.32 Å². The smallest absolute Gasteiger partial charge is 0.305 e. The van der Waals surface area contributed by atoms with E-state index in [9.17, 15) is 19.8 Å². The Kier molecular flexibility index (Phi) is 50.6. The van der Waals surface area contributed by atoms with Gasteiger partial charge >= 0.3 is 5.97 Å². The number of ether oxygens (including phenoxy) is 1. The van der Waals surface area contributed by atoms with E-state index in [4.69, 9.17) is 4.74 Å². The Balaban J connectivity index is 3.45. The van der Waals surface area contributed by atoms with Crippen molar-refractivity contribution in [2.45, 2.75) is 309 Å². The number of hydrogen-bond acceptors (Lipinski definition) is 5. The van der Waals surface area contributed by atoms with Gasteiger partial charge in [-0.25, -0.2) is 0 Å². The lowest BCUT2D eigenvalue weighted by Gasteiger charge is -2.22. The molecule has 0 bridgehead atoms. The van der Waals surface area contributed by atoms with E-state index in [1.807, 2.05) is 0 Å². The van der Waals surface area contributed by atoms with E-state index in [1.54, 1.807) is 0 Å². The third-order valence-corrected chi connectivity index (χ3v) is 12.8. The van der Waals surface area contributed by atoms with Gasteiger partial charge in [0.15, 0.2) is 0 Å². The standard InChI is InChI=1S/C56H107NO5/c1-3-5-7-9-11-13-15-17-19-20-21-23-25-30-34-38-42-46-50-56(61)62-51-47-43-39-35-31-27-26-29-33-37-41-45-49-55(60)57-53(52-58)54(59)48-44-40-36-32-28-24-22-18-16-14-12-10-8-6-4-2/h13,15,19-20,53-54,58-59H,3-12,14,16-18,21-52H2,1-2H3,(H,57,60)/b15-13-,20-19-. The molecule has 0 aliphatic rings. The summed E-state index contributed by atoms with van der Waals surface area (Å²) in [6, 6.07) is -0.553.